The van der Waals surface area contributed by atoms with Crippen LogP contribution in [0.3, 0.4) is 0 Å². The molecule has 2 aliphatic heterocycles. The molecule has 0 aromatic heterocycles. The summed E-state index contributed by atoms with van der Waals surface area (Å²) < 4.78 is 0. The third kappa shape index (κ3) is 3.51. The minimum Gasteiger partial charge on any atom is -0.341 e. The first kappa shape index (κ1) is 19.3. The average molecular weight is 364 g/mol. The molecule has 4 rings (SSSR count). The monoisotopic (exact) mass is 363 g/mol. The number of piperidine rings is 1. The molecule has 2 saturated heterocycles. The van der Waals surface area contributed by atoms with Crippen molar-refractivity contribution in [3.05, 3.63) is 0 Å². The molecule has 2 bridgehead atoms. The second-order valence-electron chi connectivity index (χ2n) is 7.76. The van der Waals surface area contributed by atoms with Gasteiger partial charge in [0.1, 0.15) is 0 Å². The molecule has 0 aromatic carbocycles. The van der Waals surface area contributed by atoms with Gasteiger partial charge >= 0.3 is 0 Å². The summed E-state index contributed by atoms with van der Waals surface area (Å²) in [4.78, 5) is 17.8. The minimum atomic E-state index is 0. The Bertz CT molecular complexity index is 415. The lowest BCUT2D eigenvalue weighted by Crippen LogP contribution is -2.53. The molecule has 4 nitrogen and oxygen atoms in total. The number of likely N-dealkylation sites (tertiary alicyclic amines) is 2. The van der Waals surface area contributed by atoms with Crippen molar-refractivity contribution in [3.63, 3.8) is 0 Å². The van der Waals surface area contributed by atoms with Gasteiger partial charge in [0, 0.05) is 25.2 Å². The molecule has 1 amide bonds. The molecule has 0 aromatic rings. The Kier molecular flexibility index (Phi) is 6.63. The lowest BCUT2D eigenvalue weighted by atomic mass is 9.83. The number of nitrogens with zero attached hydrogens (tertiary/aromatic N) is 2. The number of fused-ring (bicyclic) bond motifs is 2. The number of hydrogen-bond acceptors (Lipinski definition) is 3. The molecule has 2 saturated carbocycles. The molecular formula is C17H31Cl2N3O. The number of amides is 1. The molecule has 2 N–H and O–H groups in total. The fraction of sp³-hybridized carbons (Fsp3) is 0.941. The van der Waals surface area contributed by atoms with Crippen molar-refractivity contribution in [2.75, 3.05) is 26.2 Å². The van der Waals surface area contributed by atoms with Gasteiger partial charge in [0.05, 0.1) is 5.92 Å². The van der Waals surface area contributed by atoms with Crippen LogP contribution in [0.25, 0.3) is 0 Å². The quantitative estimate of drug-likeness (QED) is 0.818. The molecule has 4 fully saturated rings. The maximum atomic E-state index is 13.0. The van der Waals surface area contributed by atoms with Gasteiger partial charge in [-0.1, -0.05) is 0 Å². The van der Waals surface area contributed by atoms with E-state index >= 15 is 0 Å². The molecule has 5 atom stereocenters. The fourth-order valence-electron chi connectivity index (χ4n) is 5.47. The lowest BCUT2D eigenvalue weighted by Gasteiger charge is -2.40. The Balaban J connectivity index is 0.000000960. The van der Waals surface area contributed by atoms with Crippen molar-refractivity contribution in [1.82, 2.24) is 9.80 Å². The van der Waals surface area contributed by atoms with E-state index in [0.29, 0.717) is 23.8 Å². The number of hydrogen-bond donors (Lipinski definition) is 1. The van der Waals surface area contributed by atoms with Gasteiger partial charge in [-0.25, -0.2) is 0 Å². The minimum absolute atomic E-state index is 0. The summed E-state index contributed by atoms with van der Waals surface area (Å²) in [5.74, 6) is 1.74. The van der Waals surface area contributed by atoms with Crippen LogP contribution < -0.4 is 5.73 Å². The highest BCUT2D eigenvalue weighted by atomic mass is 35.5. The summed E-state index contributed by atoms with van der Waals surface area (Å²) in [5, 5.41) is 0. The maximum absolute atomic E-state index is 13.0. The highest BCUT2D eigenvalue weighted by Crippen LogP contribution is 2.48. The molecule has 0 spiro atoms. The molecule has 23 heavy (non-hydrogen) atoms. The Hall–Kier alpha value is -0.0300. The Labute approximate surface area is 152 Å². The zero-order chi connectivity index (χ0) is 14.4. The summed E-state index contributed by atoms with van der Waals surface area (Å²) in [5.41, 5.74) is 6.37. The predicted octanol–water partition coefficient (Wildman–Crippen LogP) is 2.29. The second-order valence-corrected chi connectivity index (χ2v) is 7.76. The van der Waals surface area contributed by atoms with Gasteiger partial charge in [-0.15, -0.1) is 24.8 Å². The third-order valence-electron chi connectivity index (χ3n) is 6.63. The van der Waals surface area contributed by atoms with Crippen LogP contribution in [-0.2, 0) is 4.79 Å². The van der Waals surface area contributed by atoms with E-state index in [1.807, 2.05) is 0 Å². The van der Waals surface area contributed by atoms with E-state index in [9.17, 15) is 4.79 Å². The Morgan fingerprint density at radius 3 is 2.26 bits per heavy atom. The van der Waals surface area contributed by atoms with Gasteiger partial charge in [-0.2, -0.15) is 0 Å². The Morgan fingerprint density at radius 1 is 0.913 bits per heavy atom. The molecule has 4 aliphatic rings. The van der Waals surface area contributed by atoms with Crippen molar-refractivity contribution >= 4 is 30.7 Å². The highest BCUT2D eigenvalue weighted by molar-refractivity contribution is 5.85. The normalized spacial score (nSPS) is 39.9. The number of carbonyl (C=O) groups excluding carboxylic acids is 1. The van der Waals surface area contributed by atoms with Crippen LogP contribution in [0.4, 0.5) is 0 Å². The second kappa shape index (κ2) is 7.90. The first-order valence-corrected chi connectivity index (χ1v) is 9.02. The smallest absolute Gasteiger partial charge is 0.227 e. The summed E-state index contributed by atoms with van der Waals surface area (Å²) in [6, 6.07) is 0.753. The van der Waals surface area contributed by atoms with Gasteiger partial charge in [0.15, 0.2) is 0 Å². The topological polar surface area (TPSA) is 49.6 Å². The van der Waals surface area contributed by atoms with Crippen LogP contribution in [0.2, 0.25) is 0 Å². The Morgan fingerprint density at radius 2 is 1.61 bits per heavy atom. The van der Waals surface area contributed by atoms with Gasteiger partial charge in [-0.3, -0.25) is 9.69 Å². The van der Waals surface area contributed by atoms with E-state index in [0.717, 1.165) is 13.1 Å². The van der Waals surface area contributed by atoms with Crippen molar-refractivity contribution < 1.29 is 4.79 Å². The van der Waals surface area contributed by atoms with Crippen LogP contribution in [0, 0.1) is 17.8 Å². The van der Waals surface area contributed by atoms with Crippen LogP contribution in [0.1, 0.15) is 44.9 Å². The summed E-state index contributed by atoms with van der Waals surface area (Å²) in [6.07, 6.45) is 8.81. The first-order valence-electron chi connectivity index (χ1n) is 9.02. The maximum Gasteiger partial charge on any atom is 0.227 e. The van der Waals surface area contributed by atoms with E-state index in [2.05, 4.69) is 9.80 Å². The van der Waals surface area contributed by atoms with Crippen molar-refractivity contribution in [2.45, 2.75) is 57.0 Å². The van der Waals surface area contributed by atoms with Crippen LogP contribution >= 0.6 is 24.8 Å². The number of rotatable bonds is 2. The van der Waals surface area contributed by atoms with E-state index in [4.69, 9.17) is 5.73 Å². The van der Waals surface area contributed by atoms with Gasteiger partial charge in [0.2, 0.25) is 5.91 Å². The molecule has 2 heterocycles. The SMILES string of the molecule is Cl.Cl.NC1C2CCC(C2)C1C(=O)N1CCCC(N2CCCC2)C1. The van der Waals surface area contributed by atoms with Crippen molar-refractivity contribution in [2.24, 2.45) is 23.5 Å². The zero-order valence-corrected chi connectivity index (χ0v) is 15.5. The molecule has 6 heteroatoms. The van der Waals surface area contributed by atoms with Crippen molar-refractivity contribution in [1.29, 1.82) is 0 Å². The molecular weight excluding hydrogens is 333 g/mol. The van der Waals surface area contributed by atoms with E-state index in [1.165, 1.54) is 58.0 Å². The predicted molar refractivity (Wildman–Crippen MR) is 97.2 cm³/mol. The van der Waals surface area contributed by atoms with Gasteiger partial charge < -0.3 is 10.6 Å². The summed E-state index contributed by atoms with van der Waals surface area (Å²) >= 11 is 0. The number of nitrogens with two attached hydrogens (primary N) is 1. The van der Waals surface area contributed by atoms with E-state index < -0.39 is 0 Å². The fourth-order valence-corrected chi connectivity index (χ4v) is 5.47. The lowest BCUT2D eigenvalue weighted by molar-refractivity contribution is -0.139. The first-order chi connectivity index (χ1) is 10.2. The van der Waals surface area contributed by atoms with Crippen LogP contribution in [0.15, 0.2) is 0 Å². The van der Waals surface area contributed by atoms with Crippen LogP contribution in [0.5, 0.6) is 0 Å². The van der Waals surface area contributed by atoms with Gasteiger partial charge in [-0.05, 0) is 69.9 Å². The molecule has 2 aliphatic carbocycles. The third-order valence-corrected chi connectivity index (χ3v) is 6.63. The standard InChI is InChI=1S/C17H29N3O.2ClH/c18-16-13-6-5-12(10-13)15(16)17(21)20-9-3-4-14(11-20)19-7-1-2-8-19;;/h12-16H,1-11,18H2;2*1H. The zero-order valence-electron chi connectivity index (χ0n) is 13.9. The molecule has 134 valence electrons. The number of halogens is 2. The van der Waals surface area contributed by atoms with E-state index in [1.54, 1.807) is 0 Å². The summed E-state index contributed by atoms with van der Waals surface area (Å²) in [7, 11) is 0. The highest BCUT2D eigenvalue weighted by Gasteiger charge is 2.50. The number of carbonyl (C=O) groups is 1. The van der Waals surface area contributed by atoms with E-state index in [-0.39, 0.29) is 36.8 Å². The van der Waals surface area contributed by atoms with Crippen molar-refractivity contribution in [3.8, 4) is 0 Å². The molecule has 5 unspecified atom stereocenters. The summed E-state index contributed by atoms with van der Waals surface area (Å²) in [6.45, 7) is 4.39. The van der Waals surface area contributed by atoms with Gasteiger partial charge in [0.25, 0.3) is 0 Å². The van der Waals surface area contributed by atoms with Crippen LogP contribution in [-0.4, -0.2) is 54.0 Å². The largest absolute Gasteiger partial charge is 0.341 e. The average Bonchev–Trinajstić information content (AvgIpc) is 3.24. The molecule has 0 radical (unpaired) electrons.